The van der Waals surface area contributed by atoms with E-state index in [-0.39, 0.29) is 6.04 Å². The van der Waals surface area contributed by atoms with E-state index in [9.17, 15) is 0 Å². The highest BCUT2D eigenvalue weighted by Gasteiger charge is 2.20. The highest BCUT2D eigenvalue weighted by atomic mass is 15.3. The molecule has 1 unspecified atom stereocenters. The molecule has 100 valence electrons. The van der Waals surface area contributed by atoms with E-state index in [1.54, 1.807) is 0 Å². The minimum absolute atomic E-state index is 0.112. The monoisotopic (exact) mass is 248 g/mol. The number of hydrogen-bond acceptors (Lipinski definition) is 3. The molecule has 0 radical (unpaired) electrons. The number of aromatic nitrogens is 2. The molecule has 4 nitrogen and oxygen atoms in total. The molecule has 0 fully saturated rings. The predicted octanol–water partition coefficient (Wildman–Crippen LogP) is 2.38. The first-order chi connectivity index (χ1) is 8.76. The van der Waals surface area contributed by atoms with Crippen molar-refractivity contribution in [3.05, 3.63) is 29.1 Å². The van der Waals surface area contributed by atoms with Gasteiger partial charge in [0.2, 0.25) is 0 Å². The van der Waals surface area contributed by atoms with Gasteiger partial charge in [-0.2, -0.15) is 5.10 Å². The van der Waals surface area contributed by atoms with Gasteiger partial charge in [-0.15, -0.1) is 0 Å². The second-order valence-corrected chi connectivity index (χ2v) is 5.02. The van der Waals surface area contributed by atoms with Crippen LogP contribution in [0.3, 0.4) is 0 Å². The molecule has 0 bridgehead atoms. The summed E-state index contributed by atoms with van der Waals surface area (Å²) >= 11 is 0. The number of hydrogen-bond donors (Lipinski definition) is 2. The number of nitrogens with one attached hydrogen (secondary N) is 1. The average molecular weight is 248 g/mol. The highest BCUT2D eigenvalue weighted by Crippen LogP contribution is 2.28. The SMILES string of the molecule is CCc1cc(C(NN)C2=CCCCCC2)n(C)n1. The summed E-state index contributed by atoms with van der Waals surface area (Å²) in [6.07, 6.45) is 9.52. The molecule has 0 amide bonds. The molecule has 0 spiro atoms. The third-order valence-electron chi connectivity index (χ3n) is 3.74. The lowest BCUT2D eigenvalue weighted by atomic mass is 9.99. The fourth-order valence-electron chi connectivity index (χ4n) is 2.67. The Morgan fingerprint density at radius 3 is 2.94 bits per heavy atom. The van der Waals surface area contributed by atoms with Crippen molar-refractivity contribution in [2.75, 3.05) is 0 Å². The standard InChI is InChI=1S/C14H24N4/c1-3-12-10-13(18(2)17-12)14(16-15)11-8-6-4-5-7-9-11/h8,10,14,16H,3-7,9,15H2,1-2H3. The van der Waals surface area contributed by atoms with Gasteiger partial charge in [0.25, 0.3) is 0 Å². The lowest BCUT2D eigenvalue weighted by molar-refractivity contribution is 0.546. The number of aryl methyl sites for hydroxylation is 2. The van der Waals surface area contributed by atoms with Crippen molar-refractivity contribution in [3.8, 4) is 0 Å². The Kier molecular flexibility index (Phi) is 4.55. The molecule has 1 aromatic rings. The summed E-state index contributed by atoms with van der Waals surface area (Å²) in [4.78, 5) is 0. The van der Waals surface area contributed by atoms with Gasteiger partial charge in [0.1, 0.15) is 0 Å². The zero-order valence-electron chi connectivity index (χ0n) is 11.4. The van der Waals surface area contributed by atoms with Crippen molar-refractivity contribution < 1.29 is 0 Å². The molecule has 1 aromatic heterocycles. The number of nitrogens with zero attached hydrogens (tertiary/aromatic N) is 2. The maximum atomic E-state index is 5.77. The molecule has 1 aliphatic carbocycles. The van der Waals surface area contributed by atoms with Crippen LogP contribution in [0, 0.1) is 0 Å². The Hall–Kier alpha value is -1.13. The molecule has 18 heavy (non-hydrogen) atoms. The minimum atomic E-state index is 0.112. The highest BCUT2D eigenvalue weighted by molar-refractivity contribution is 5.25. The second kappa shape index (κ2) is 6.16. The second-order valence-electron chi connectivity index (χ2n) is 5.02. The topological polar surface area (TPSA) is 55.9 Å². The van der Waals surface area contributed by atoms with Crippen LogP contribution in [0.15, 0.2) is 17.7 Å². The fourth-order valence-corrected chi connectivity index (χ4v) is 2.67. The van der Waals surface area contributed by atoms with Crippen molar-refractivity contribution in [1.82, 2.24) is 15.2 Å². The van der Waals surface area contributed by atoms with Gasteiger partial charge in [-0.05, 0) is 38.2 Å². The molecular formula is C14H24N4. The van der Waals surface area contributed by atoms with Crippen molar-refractivity contribution in [3.63, 3.8) is 0 Å². The van der Waals surface area contributed by atoms with Gasteiger partial charge in [-0.25, -0.2) is 5.43 Å². The number of hydrazine groups is 1. The van der Waals surface area contributed by atoms with Crippen LogP contribution in [-0.4, -0.2) is 9.78 Å². The zero-order valence-corrected chi connectivity index (χ0v) is 11.4. The third-order valence-corrected chi connectivity index (χ3v) is 3.74. The van der Waals surface area contributed by atoms with E-state index in [0.717, 1.165) is 18.5 Å². The first-order valence-corrected chi connectivity index (χ1v) is 6.94. The van der Waals surface area contributed by atoms with E-state index in [1.807, 2.05) is 11.7 Å². The minimum Gasteiger partial charge on any atom is -0.271 e. The third kappa shape index (κ3) is 2.82. The zero-order chi connectivity index (χ0) is 13.0. The number of rotatable bonds is 4. The molecule has 1 heterocycles. The molecule has 0 aliphatic heterocycles. The molecule has 0 aromatic carbocycles. The van der Waals surface area contributed by atoms with Crippen molar-refractivity contribution in [2.24, 2.45) is 12.9 Å². The normalized spacial score (nSPS) is 18.3. The Labute approximate surface area is 109 Å². The summed E-state index contributed by atoms with van der Waals surface area (Å²) in [5.74, 6) is 5.77. The summed E-state index contributed by atoms with van der Waals surface area (Å²) in [7, 11) is 2.00. The van der Waals surface area contributed by atoms with Crippen LogP contribution in [0.5, 0.6) is 0 Å². The van der Waals surface area contributed by atoms with Crippen LogP contribution in [0.4, 0.5) is 0 Å². The van der Waals surface area contributed by atoms with Crippen molar-refractivity contribution in [2.45, 2.75) is 51.5 Å². The first kappa shape index (κ1) is 13.3. The van der Waals surface area contributed by atoms with E-state index in [1.165, 1.54) is 37.0 Å². The van der Waals surface area contributed by atoms with E-state index in [0.29, 0.717) is 0 Å². The molecule has 0 saturated carbocycles. The summed E-state index contributed by atoms with van der Waals surface area (Å²) < 4.78 is 1.95. The molecule has 0 saturated heterocycles. The summed E-state index contributed by atoms with van der Waals surface area (Å²) in [6, 6.07) is 2.27. The van der Waals surface area contributed by atoms with Gasteiger partial charge in [0.15, 0.2) is 0 Å². The summed E-state index contributed by atoms with van der Waals surface area (Å²) in [5.41, 5.74) is 6.68. The Morgan fingerprint density at radius 2 is 2.28 bits per heavy atom. The van der Waals surface area contributed by atoms with Crippen molar-refractivity contribution in [1.29, 1.82) is 0 Å². The van der Waals surface area contributed by atoms with Gasteiger partial charge in [0.05, 0.1) is 17.4 Å². The van der Waals surface area contributed by atoms with Crippen LogP contribution in [0.1, 0.15) is 56.5 Å². The summed E-state index contributed by atoms with van der Waals surface area (Å²) in [5, 5.41) is 4.51. The Morgan fingerprint density at radius 1 is 1.44 bits per heavy atom. The van der Waals surface area contributed by atoms with Crippen LogP contribution < -0.4 is 11.3 Å². The lowest BCUT2D eigenvalue weighted by Crippen LogP contribution is -2.31. The van der Waals surface area contributed by atoms with Gasteiger partial charge in [0, 0.05) is 7.05 Å². The van der Waals surface area contributed by atoms with E-state index < -0.39 is 0 Å². The molecule has 3 N–H and O–H groups in total. The molecule has 1 aliphatic rings. The predicted molar refractivity (Wildman–Crippen MR) is 73.8 cm³/mol. The van der Waals surface area contributed by atoms with Gasteiger partial charge in [-0.3, -0.25) is 10.5 Å². The van der Waals surface area contributed by atoms with Crippen LogP contribution in [0.2, 0.25) is 0 Å². The Bertz CT molecular complexity index is 419. The Balaban J connectivity index is 2.26. The molecule has 1 atom stereocenters. The van der Waals surface area contributed by atoms with Crippen LogP contribution in [0.25, 0.3) is 0 Å². The first-order valence-electron chi connectivity index (χ1n) is 6.94. The molecule has 2 rings (SSSR count). The maximum absolute atomic E-state index is 5.77. The maximum Gasteiger partial charge on any atom is 0.0838 e. The van der Waals surface area contributed by atoms with Gasteiger partial charge >= 0.3 is 0 Å². The molecular weight excluding hydrogens is 224 g/mol. The van der Waals surface area contributed by atoms with Gasteiger partial charge < -0.3 is 0 Å². The summed E-state index contributed by atoms with van der Waals surface area (Å²) in [6.45, 7) is 2.13. The average Bonchev–Trinajstić information content (AvgIpc) is 2.59. The quantitative estimate of drug-likeness (QED) is 0.488. The number of allylic oxidation sites excluding steroid dienone is 1. The molecule has 4 heteroatoms. The van der Waals surface area contributed by atoms with Crippen LogP contribution in [-0.2, 0) is 13.5 Å². The lowest BCUT2D eigenvalue weighted by Gasteiger charge is -2.19. The van der Waals surface area contributed by atoms with E-state index in [2.05, 4.69) is 29.6 Å². The number of nitrogens with two attached hydrogens (primary N) is 1. The van der Waals surface area contributed by atoms with Crippen molar-refractivity contribution >= 4 is 0 Å². The fraction of sp³-hybridized carbons (Fsp3) is 0.643. The van der Waals surface area contributed by atoms with E-state index in [4.69, 9.17) is 5.84 Å². The van der Waals surface area contributed by atoms with E-state index >= 15 is 0 Å². The largest absolute Gasteiger partial charge is 0.271 e. The smallest absolute Gasteiger partial charge is 0.0838 e. The van der Waals surface area contributed by atoms with Gasteiger partial charge in [-0.1, -0.05) is 25.0 Å². The van der Waals surface area contributed by atoms with Crippen LogP contribution >= 0.6 is 0 Å².